The maximum Gasteiger partial charge on any atom is 0.367 e. The van der Waals surface area contributed by atoms with E-state index in [-0.39, 0.29) is 10.6 Å². The van der Waals surface area contributed by atoms with E-state index >= 15 is 0 Å². The summed E-state index contributed by atoms with van der Waals surface area (Å²) in [6.45, 7) is 3.23. The van der Waals surface area contributed by atoms with Crippen molar-refractivity contribution in [2.45, 2.75) is 57.2 Å². The minimum Gasteiger partial charge on any atom is -0.458 e. The van der Waals surface area contributed by atoms with E-state index in [0.717, 1.165) is 30.2 Å². The van der Waals surface area contributed by atoms with E-state index in [0.29, 0.717) is 23.2 Å². The fourth-order valence-corrected chi connectivity index (χ4v) is 4.30. The molecule has 1 heterocycles. The molecule has 1 unspecified atom stereocenters. The monoisotopic (exact) mass is 491 g/mol. The Morgan fingerprint density at radius 3 is 2.58 bits per heavy atom. The maximum atomic E-state index is 12.3. The number of unbranched alkanes of at least 4 members (excludes halogenated alkanes) is 5. The van der Waals surface area contributed by atoms with Gasteiger partial charge < -0.3 is 14.5 Å². The van der Waals surface area contributed by atoms with Crippen LogP contribution in [0.25, 0.3) is 0 Å². The summed E-state index contributed by atoms with van der Waals surface area (Å²) < 4.78 is 7.33. The van der Waals surface area contributed by atoms with Gasteiger partial charge >= 0.3 is 5.30 Å². The number of benzene rings is 1. The lowest BCUT2D eigenvalue weighted by Gasteiger charge is -2.18. The molecule has 172 valence electrons. The molecule has 1 aromatic heterocycles. The fourth-order valence-electron chi connectivity index (χ4n) is 2.74. The van der Waals surface area contributed by atoms with Crippen LogP contribution in [-0.2, 0) is 11.3 Å². The third-order valence-electron chi connectivity index (χ3n) is 4.20. The summed E-state index contributed by atoms with van der Waals surface area (Å²) in [5.41, 5.74) is 0.858. The molecule has 0 aliphatic rings. The van der Waals surface area contributed by atoms with E-state index in [1.165, 1.54) is 25.7 Å². The van der Waals surface area contributed by atoms with E-state index in [4.69, 9.17) is 43.3 Å². The van der Waals surface area contributed by atoms with Gasteiger partial charge in [-0.05, 0) is 35.9 Å². The lowest BCUT2D eigenvalue weighted by molar-refractivity contribution is -0.742. The van der Waals surface area contributed by atoms with Crippen LogP contribution in [0.4, 0.5) is 4.79 Å². The van der Waals surface area contributed by atoms with Crippen LogP contribution in [0.15, 0.2) is 36.9 Å². The first-order chi connectivity index (χ1) is 14.8. The van der Waals surface area contributed by atoms with E-state index in [2.05, 4.69) is 11.9 Å². The number of ether oxygens (including phenoxy) is 1. The third-order valence-corrected chi connectivity index (χ3v) is 5.76. The maximum absolute atomic E-state index is 12.3. The highest BCUT2D eigenvalue weighted by atomic mass is 35.5. The number of hydrogen-bond acceptors (Lipinski definition) is 6. The minimum atomic E-state index is -1.50. The van der Waals surface area contributed by atoms with E-state index < -0.39 is 5.09 Å². The molecule has 31 heavy (non-hydrogen) atoms. The van der Waals surface area contributed by atoms with Crippen LogP contribution in [0.1, 0.15) is 56.3 Å². The van der Waals surface area contributed by atoms with E-state index in [1.807, 2.05) is 16.8 Å². The van der Waals surface area contributed by atoms with Gasteiger partial charge in [0.15, 0.2) is 0 Å². The van der Waals surface area contributed by atoms with Crippen molar-refractivity contribution in [2.24, 2.45) is 0 Å². The highest BCUT2D eigenvalue weighted by Crippen LogP contribution is 2.37. The molecule has 0 bridgehead atoms. The average molecular weight is 492 g/mol. The van der Waals surface area contributed by atoms with Gasteiger partial charge in [0.1, 0.15) is 0 Å². The van der Waals surface area contributed by atoms with Crippen molar-refractivity contribution in [1.29, 1.82) is 0 Å². The molecule has 11 heteroatoms. The van der Waals surface area contributed by atoms with Gasteiger partial charge in [0.05, 0.1) is 18.2 Å². The summed E-state index contributed by atoms with van der Waals surface area (Å²) in [5.74, 6) is 0. The van der Waals surface area contributed by atoms with Crippen molar-refractivity contribution in [3.05, 3.63) is 62.6 Å². The molecule has 0 saturated carbocycles. The largest absolute Gasteiger partial charge is 0.458 e. The quantitative estimate of drug-likeness (QED) is 0.159. The van der Waals surface area contributed by atoms with Crippen molar-refractivity contribution >= 4 is 40.3 Å². The number of nitrogens with zero attached hydrogens (tertiary/aromatic N) is 3. The van der Waals surface area contributed by atoms with Gasteiger partial charge in [-0.15, -0.1) is 10.1 Å². The average Bonchev–Trinajstić information content (AvgIpc) is 3.19. The van der Waals surface area contributed by atoms with Crippen LogP contribution in [-0.4, -0.2) is 31.8 Å². The molecule has 0 fully saturated rings. The minimum absolute atomic E-state index is 0.180. The molecule has 0 spiro atoms. The first-order valence-electron chi connectivity index (χ1n) is 9.90. The number of thioether (sulfide) groups is 1. The molecule has 2 rings (SSSR count). The number of imidazole rings is 1. The lowest BCUT2D eigenvalue weighted by atomic mass is 10.1. The van der Waals surface area contributed by atoms with E-state index in [9.17, 15) is 4.79 Å². The molecule has 1 N–H and O–H groups in total. The summed E-state index contributed by atoms with van der Waals surface area (Å²) in [7, 11) is 0. The van der Waals surface area contributed by atoms with Gasteiger partial charge in [-0.2, -0.15) is 0 Å². The van der Waals surface area contributed by atoms with Crippen molar-refractivity contribution in [3.63, 3.8) is 0 Å². The zero-order valence-corrected chi connectivity index (χ0v) is 19.6. The van der Waals surface area contributed by atoms with Crippen molar-refractivity contribution in [3.8, 4) is 0 Å². The molecule has 0 saturated heterocycles. The first kappa shape index (κ1) is 27.1. The zero-order valence-electron chi connectivity index (χ0n) is 17.3. The number of hydrogen-bond donors (Lipinski definition) is 1. The Balaban J connectivity index is 0.00000110. The number of rotatable bonds is 11. The first-order valence-corrected chi connectivity index (χ1v) is 11.5. The van der Waals surface area contributed by atoms with Crippen LogP contribution in [0, 0.1) is 10.1 Å². The van der Waals surface area contributed by atoms with E-state index in [1.54, 1.807) is 24.7 Å². The Bertz CT molecular complexity index is 789. The second kappa shape index (κ2) is 15.8. The SMILES string of the molecule is CCCCCCCCOC(=O)SC(Cn1ccnc1)c1ccc(Cl)cc1Cl.O=[N+]([O-])O. The van der Waals surface area contributed by atoms with Crippen LogP contribution < -0.4 is 0 Å². The van der Waals surface area contributed by atoms with Gasteiger partial charge in [0, 0.05) is 29.0 Å². The standard InChI is InChI=1S/C20H26Cl2N2O2S.HNO3/c1-2-3-4-5-6-7-12-26-20(25)27-19(14-24-11-10-23-15-24)17-9-8-16(21)13-18(17)22;2-1(3)4/h8-11,13,15,19H,2-7,12,14H2,1H3;(H,2,3,4). The highest BCUT2D eigenvalue weighted by molar-refractivity contribution is 8.13. The molecular weight excluding hydrogens is 465 g/mol. The second-order valence-corrected chi connectivity index (χ2v) is 8.62. The molecule has 0 radical (unpaired) electrons. The highest BCUT2D eigenvalue weighted by Gasteiger charge is 2.21. The molecule has 8 nitrogen and oxygen atoms in total. The van der Waals surface area contributed by atoms with Gasteiger partial charge in [-0.1, -0.05) is 68.3 Å². The molecule has 2 aromatic rings. The van der Waals surface area contributed by atoms with Gasteiger partial charge in [0.2, 0.25) is 0 Å². The number of halogens is 2. The van der Waals surface area contributed by atoms with Crippen molar-refractivity contribution in [2.75, 3.05) is 6.61 Å². The summed E-state index contributed by atoms with van der Waals surface area (Å²) in [4.78, 5) is 24.7. The normalized spacial score (nSPS) is 11.3. The molecular formula is C20H27Cl2N3O5S. The summed E-state index contributed by atoms with van der Waals surface area (Å²) in [6, 6.07) is 5.34. The summed E-state index contributed by atoms with van der Waals surface area (Å²) in [5, 5.41) is 14.3. The fraction of sp³-hybridized carbons (Fsp3) is 0.500. The van der Waals surface area contributed by atoms with Crippen LogP contribution >= 0.6 is 35.0 Å². The smallest absolute Gasteiger partial charge is 0.367 e. The van der Waals surface area contributed by atoms with Crippen molar-refractivity contribution in [1.82, 2.24) is 9.55 Å². The van der Waals surface area contributed by atoms with Gasteiger partial charge in [-0.25, -0.2) is 9.78 Å². The molecule has 0 aliphatic heterocycles. The summed E-state index contributed by atoms with van der Waals surface area (Å²) in [6.07, 6.45) is 12.2. The van der Waals surface area contributed by atoms with Crippen molar-refractivity contribution < 1.29 is 19.8 Å². The Morgan fingerprint density at radius 2 is 1.97 bits per heavy atom. The third kappa shape index (κ3) is 12.5. The number of aromatic nitrogens is 2. The Kier molecular flexibility index (Phi) is 13.8. The molecule has 0 amide bonds. The lowest BCUT2D eigenvalue weighted by Crippen LogP contribution is -2.10. The second-order valence-electron chi connectivity index (χ2n) is 6.64. The molecule has 0 aliphatic carbocycles. The Morgan fingerprint density at radius 1 is 1.29 bits per heavy atom. The van der Waals surface area contributed by atoms with Gasteiger partial charge in [0.25, 0.3) is 5.09 Å². The van der Waals surface area contributed by atoms with Gasteiger partial charge in [-0.3, -0.25) is 0 Å². The van der Waals surface area contributed by atoms with Crippen LogP contribution in [0.2, 0.25) is 10.0 Å². The zero-order chi connectivity index (χ0) is 23.1. The van der Waals surface area contributed by atoms with Crippen LogP contribution in [0.5, 0.6) is 0 Å². The predicted octanol–water partition coefficient (Wildman–Crippen LogP) is 6.81. The summed E-state index contributed by atoms with van der Waals surface area (Å²) >= 11 is 13.5. The topological polar surface area (TPSA) is 107 Å². The molecule has 1 aromatic carbocycles. The molecule has 1 atom stereocenters. The van der Waals surface area contributed by atoms with Crippen LogP contribution in [0.3, 0.4) is 0 Å². The number of carbonyl (C=O) groups excluding carboxylic acids is 1. The number of carbonyl (C=O) groups is 1. The Hall–Kier alpha value is -1.97. The predicted molar refractivity (Wildman–Crippen MR) is 123 cm³/mol. The Labute approximate surface area is 196 Å².